The van der Waals surface area contributed by atoms with Crippen molar-refractivity contribution in [3.8, 4) is 11.3 Å². The van der Waals surface area contributed by atoms with Gasteiger partial charge in [-0.25, -0.2) is 0 Å². The highest BCUT2D eigenvalue weighted by Gasteiger charge is 2.17. The summed E-state index contributed by atoms with van der Waals surface area (Å²) in [7, 11) is 0. The van der Waals surface area contributed by atoms with Crippen molar-refractivity contribution >= 4 is 5.91 Å². The maximum Gasteiger partial charge on any atom is 0.256 e. The molecule has 0 atom stereocenters. The zero-order valence-electron chi connectivity index (χ0n) is 12.5. The van der Waals surface area contributed by atoms with E-state index in [1.807, 2.05) is 30.3 Å². The number of carbonyl (C=O) groups is 1. The summed E-state index contributed by atoms with van der Waals surface area (Å²) in [6.07, 6.45) is 9.55. The second-order valence-corrected chi connectivity index (χ2v) is 5.56. The molecule has 2 aromatic rings. The molecule has 1 aromatic carbocycles. The fraction of sp³-hybridized carbons (Fsp3) is 0.333. The van der Waals surface area contributed by atoms with Gasteiger partial charge in [-0.2, -0.15) is 0 Å². The van der Waals surface area contributed by atoms with Gasteiger partial charge < -0.3 is 9.84 Å². The Bertz CT molecular complexity index is 659. The minimum Gasteiger partial charge on any atom is -0.363 e. The SMILES string of the molecule is O=C(NCCC1=CCCCC1)c1conc1-c1ccccc1. The predicted molar refractivity (Wildman–Crippen MR) is 85.4 cm³/mol. The van der Waals surface area contributed by atoms with E-state index in [9.17, 15) is 4.79 Å². The van der Waals surface area contributed by atoms with E-state index in [0.717, 1.165) is 12.0 Å². The van der Waals surface area contributed by atoms with E-state index in [1.165, 1.54) is 37.5 Å². The molecule has 114 valence electrons. The molecule has 1 amide bonds. The second kappa shape index (κ2) is 7.07. The summed E-state index contributed by atoms with van der Waals surface area (Å²) < 4.78 is 5.00. The van der Waals surface area contributed by atoms with Crippen LogP contribution in [0.2, 0.25) is 0 Å². The zero-order valence-corrected chi connectivity index (χ0v) is 12.5. The lowest BCUT2D eigenvalue weighted by Crippen LogP contribution is -2.25. The Balaban J connectivity index is 1.61. The summed E-state index contributed by atoms with van der Waals surface area (Å²) in [6.45, 7) is 0.657. The number of amides is 1. The molecule has 3 rings (SSSR count). The van der Waals surface area contributed by atoms with Crippen LogP contribution in [0.4, 0.5) is 0 Å². The number of carbonyl (C=O) groups excluding carboxylic acids is 1. The van der Waals surface area contributed by atoms with Crippen molar-refractivity contribution in [2.45, 2.75) is 32.1 Å². The third-order valence-corrected chi connectivity index (χ3v) is 3.98. The van der Waals surface area contributed by atoms with Crippen molar-refractivity contribution in [1.82, 2.24) is 10.5 Å². The molecule has 1 aromatic heterocycles. The molecule has 1 N–H and O–H groups in total. The van der Waals surface area contributed by atoms with Crippen LogP contribution < -0.4 is 5.32 Å². The van der Waals surface area contributed by atoms with Gasteiger partial charge in [-0.3, -0.25) is 4.79 Å². The van der Waals surface area contributed by atoms with Crippen LogP contribution in [-0.4, -0.2) is 17.6 Å². The molecule has 22 heavy (non-hydrogen) atoms. The molecular formula is C18H20N2O2. The molecule has 0 fully saturated rings. The van der Waals surface area contributed by atoms with E-state index in [2.05, 4.69) is 16.5 Å². The van der Waals surface area contributed by atoms with Gasteiger partial charge in [0, 0.05) is 12.1 Å². The summed E-state index contributed by atoms with van der Waals surface area (Å²) in [5, 5.41) is 6.92. The molecule has 0 aliphatic heterocycles. The molecule has 1 aliphatic rings. The van der Waals surface area contributed by atoms with Gasteiger partial charge in [-0.05, 0) is 32.1 Å². The van der Waals surface area contributed by atoms with Gasteiger partial charge in [0.05, 0.1) is 0 Å². The first-order valence-electron chi connectivity index (χ1n) is 7.80. The Hall–Kier alpha value is -2.36. The lowest BCUT2D eigenvalue weighted by atomic mass is 9.97. The smallest absolute Gasteiger partial charge is 0.256 e. The van der Waals surface area contributed by atoms with Gasteiger partial charge in [-0.15, -0.1) is 0 Å². The Labute approximate surface area is 130 Å². The summed E-state index contributed by atoms with van der Waals surface area (Å²) in [4.78, 5) is 12.3. The fourth-order valence-electron chi connectivity index (χ4n) is 2.77. The van der Waals surface area contributed by atoms with E-state index in [-0.39, 0.29) is 5.91 Å². The number of hydrogen-bond acceptors (Lipinski definition) is 3. The van der Waals surface area contributed by atoms with Crippen LogP contribution in [0.15, 0.2) is 52.8 Å². The van der Waals surface area contributed by atoms with Gasteiger partial charge in [-0.1, -0.05) is 47.1 Å². The van der Waals surface area contributed by atoms with Crippen molar-refractivity contribution in [2.75, 3.05) is 6.54 Å². The first-order chi connectivity index (χ1) is 10.8. The lowest BCUT2D eigenvalue weighted by Gasteiger charge is -2.12. The number of nitrogens with zero attached hydrogens (tertiary/aromatic N) is 1. The third kappa shape index (κ3) is 3.45. The maximum atomic E-state index is 12.3. The van der Waals surface area contributed by atoms with E-state index < -0.39 is 0 Å². The number of nitrogens with one attached hydrogen (secondary N) is 1. The Kier molecular flexibility index (Phi) is 4.68. The van der Waals surface area contributed by atoms with Gasteiger partial charge in [0.1, 0.15) is 17.5 Å². The minimum atomic E-state index is -0.128. The largest absolute Gasteiger partial charge is 0.363 e. The molecule has 0 saturated heterocycles. The number of benzene rings is 1. The second-order valence-electron chi connectivity index (χ2n) is 5.56. The van der Waals surface area contributed by atoms with Gasteiger partial charge in [0.25, 0.3) is 5.91 Å². The van der Waals surface area contributed by atoms with Crippen LogP contribution in [0.3, 0.4) is 0 Å². The third-order valence-electron chi connectivity index (χ3n) is 3.98. The fourth-order valence-corrected chi connectivity index (χ4v) is 2.77. The average molecular weight is 296 g/mol. The van der Waals surface area contributed by atoms with Crippen LogP contribution >= 0.6 is 0 Å². The standard InChI is InChI=1S/C18H20N2O2/c21-18(19-12-11-14-7-3-1-4-8-14)16-13-22-20-17(16)15-9-5-2-6-10-15/h2,5-7,9-10,13H,1,3-4,8,11-12H2,(H,19,21). The summed E-state index contributed by atoms with van der Waals surface area (Å²) in [5.74, 6) is -0.128. The molecule has 0 spiro atoms. The zero-order chi connectivity index (χ0) is 15.2. The van der Waals surface area contributed by atoms with E-state index in [4.69, 9.17) is 4.52 Å². The molecule has 4 heteroatoms. The summed E-state index contributed by atoms with van der Waals surface area (Å²) in [5.41, 5.74) is 3.43. The minimum absolute atomic E-state index is 0.128. The number of allylic oxidation sites excluding steroid dienone is 1. The molecule has 0 unspecified atom stereocenters. The quantitative estimate of drug-likeness (QED) is 0.850. The van der Waals surface area contributed by atoms with Crippen molar-refractivity contribution in [3.63, 3.8) is 0 Å². The van der Waals surface area contributed by atoms with Gasteiger partial charge in [0.15, 0.2) is 0 Å². The highest BCUT2D eigenvalue weighted by Crippen LogP contribution is 2.22. The topological polar surface area (TPSA) is 55.1 Å². The molecule has 0 radical (unpaired) electrons. The predicted octanol–water partition coefficient (Wildman–Crippen LogP) is 3.96. The van der Waals surface area contributed by atoms with Crippen LogP contribution in [0.5, 0.6) is 0 Å². The normalized spacial score (nSPS) is 14.5. The Morgan fingerprint density at radius 2 is 2.09 bits per heavy atom. The summed E-state index contributed by atoms with van der Waals surface area (Å²) in [6, 6.07) is 9.60. The number of rotatable bonds is 5. The van der Waals surface area contributed by atoms with Crippen LogP contribution in [0.1, 0.15) is 42.5 Å². The molecule has 0 saturated carbocycles. The monoisotopic (exact) mass is 296 g/mol. The van der Waals surface area contributed by atoms with Crippen molar-refractivity contribution in [3.05, 3.63) is 53.8 Å². The first kappa shape index (κ1) is 14.6. The van der Waals surface area contributed by atoms with Crippen LogP contribution in [-0.2, 0) is 0 Å². The average Bonchev–Trinajstić information content (AvgIpc) is 3.06. The van der Waals surface area contributed by atoms with Gasteiger partial charge in [0.2, 0.25) is 0 Å². The van der Waals surface area contributed by atoms with Crippen LogP contribution in [0.25, 0.3) is 11.3 Å². The lowest BCUT2D eigenvalue weighted by molar-refractivity contribution is 0.0954. The first-order valence-corrected chi connectivity index (χ1v) is 7.80. The number of hydrogen-bond donors (Lipinski definition) is 1. The number of aromatic nitrogens is 1. The van der Waals surface area contributed by atoms with E-state index >= 15 is 0 Å². The molecular weight excluding hydrogens is 276 g/mol. The van der Waals surface area contributed by atoms with Gasteiger partial charge >= 0.3 is 0 Å². The van der Waals surface area contributed by atoms with E-state index in [1.54, 1.807) is 0 Å². The maximum absolute atomic E-state index is 12.3. The highest BCUT2D eigenvalue weighted by atomic mass is 16.5. The van der Waals surface area contributed by atoms with Crippen molar-refractivity contribution in [1.29, 1.82) is 0 Å². The Morgan fingerprint density at radius 1 is 1.23 bits per heavy atom. The van der Waals surface area contributed by atoms with Crippen molar-refractivity contribution < 1.29 is 9.32 Å². The summed E-state index contributed by atoms with van der Waals surface area (Å²) >= 11 is 0. The molecule has 4 nitrogen and oxygen atoms in total. The molecule has 1 heterocycles. The van der Waals surface area contributed by atoms with Crippen molar-refractivity contribution in [2.24, 2.45) is 0 Å². The molecule has 1 aliphatic carbocycles. The van der Waals surface area contributed by atoms with E-state index in [0.29, 0.717) is 17.8 Å². The highest BCUT2D eigenvalue weighted by molar-refractivity contribution is 5.99. The molecule has 0 bridgehead atoms. The Morgan fingerprint density at radius 3 is 2.86 bits per heavy atom. The van der Waals surface area contributed by atoms with Crippen LogP contribution in [0, 0.1) is 0 Å².